The van der Waals surface area contributed by atoms with E-state index in [0.717, 1.165) is 10.9 Å². The lowest BCUT2D eigenvalue weighted by atomic mass is 10.2. The molecule has 0 bridgehead atoms. The highest BCUT2D eigenvalue weighted by atomic mass is 32.2. The Hall–Kier alpha value is -2.28. The molecule has 0 radical (unpaired) electrons. The summed E-state index contributed by atoms with van der Waals surface area (Å²) in [6.45, 7) is 6.23. The summed E-state index contributed by atoms with van der Waals surface area (Å²) in [5, 5.41) is 0.996. The molecule has 24 heavy (non-hydrogen) atoms. The van der Waals surface area contributed by atoms with Gasteiger partial charge in [-0.15, -0.1) is 0 Å². The van der Waals surface area contributed by atoms with Crippen molar-refractivity contribution in [1.29, 1.82) is 0 Å². The van der Waals surface area contributed by atoms with Crippen molar-refractivity contribution in [2.75, 3.05) is 6.61 Å². The van der Waals surface area contributed by atoms with Crippen molar-refractivity contribution in [2.45, 2.75) is 37.7 Å². The number of carbonyl (C=O) groups is 1. The van der Waals surface area contributed by atoms with E-state index in [9.17, 15) is 9.59 Å². The summed E-state index contributed by atoms with van der Waals surface area (Å²) in [7, 11) is 0. The molecular weight excluding hydrogens is 326 g/mol. The molecule has 6 nitrogen and oxygen atoms in total. The highest BCUT2D eigenvalue weighted by molar-refractivity contribution is 8.00. The minimum Gasteiger partial charge on any atom is -0.465 e. The second kappa shape index (κ2) is 6.68. The topological polar surface area (TPSA) is 77.0 Å². The Labute approximate surface area is 143 Å². The van der Waals surface area contributed by atoms with E-state index in [4.69, 9.17) is 4.74 Å². The number of ether oxygens (including phenoxy) is 1. The molecule has 2 heterocycles. The molecule has 7 heteroatoms. The van der Waals surface area contributed by atoms with Gasteiger partial charge in [0.25, 0.3) is 5.56 Å². The summed E-state index contributed by atoms with van der Waals surface area (Å²) in [6.07, 6.45) is 0. The van der Waals surface area contributed by atoms with Gasteiger partial charge >= 0.3 is 5.97 Å². The molecule has 0 unspecified atom stereocenters. The lowest BCUT2D eigenvalue weighted by molar-refractivity contribution is -0.142. The molecule has 2 aromatic heterocycles. The van der Waals surface area contributed by atoms with Crippen LogP contribution in [-0.4, -0.2) is 32.4 Å². The van der Waals surface area contributed by atoms with Gasteiger partial charge in [-0.1, -0.05) is 30.0 Å². The van der Waals surface area contributed by atoms with Gasteiger partial charge < -0.3 is 9.72 Å². The number of carbonyl (C=O) groups excluding carboxylic acids is 1. The first kappa shape index (κ1) is 16.6. The summed E-state index contributed by atoms with van der Waals surface area (Å²) in [4.78, 5) is 32.5. The van der Waals surface area contributed by atoms with Crippen LogP contribution in [0.5, 0.6) is 0 Å². The molecule has 0 aliphatic heterocycles. The molecule has 3 aromatic rings. The fourth-order valence-electron chi connectivity index (χ4n) is 2.61. The van der Waals surface area contributed by atoms with Gasteiger partial charge in [-0.3, -0.25) is 14.2 Å². The first-order valence-corrected chi connectivity index (χ1v) is 8.79. The third kappa shape index (κ3) is 2.80. The largest absolute Gasteiger partial charge is 0.465 e. The van der Waals surface area contributed by atoms with E-state index < -0.39 is 5.25 Å². The first-order valence-electron chi connectivity index (χ1n) is 7.91. The third-order valence-electron chi connectivity index (χ3n) is 3.79. The summed E-state index contributed by atoms with van der Waals surface area (Å²) >= 11 is 1.25. The van der Waals surface area contributed by atoms with Crippen LogP contribution in [-0.2, 0) is 16.1 Å². The van der Waals surface area contributed by atoms with Crippen LogP contribution in [0, 0.1) is 0 Å². The summed E-state index contributed by atoms with van der Waals surface area (Å²) in [5.74, 6) is -0.307. The number of aromatic amines is 1. The Morgan fingerprint density at radius 2 is 2.12 bits per heavy atom. The zero-order valence-electron chi connectivity index (χ0n) is 13.8. The van der Waals surface area contributed by atoms with E-state index in [-0.39, 0.29) is 11.5 Å². The van der Waals surface area contributed by atoms with Crippen LogP contribution >= 0.6 is 11.8 Å². The van der Waals surface area contributed by atoms with Crippen molar-refractivity contribution in [2.24, 2.45) is 0 Å². The number of esters is 1. The quantitative estimate of drug-likeness (QED) is 0.437. The van der Waals surface area contributed by atoms with Crippen LogP contribution in [0.25, 0.3) is 21.9 Å². The maximum atomic E-state index is 12.8. The maximum Gasteiger partial charge on any atom is 0.319 e. The molecule has 1 aromatic carbocycles. The average molecular weight is 345 g/mol. The number of H-pyrrole nitrogens is 1. The zero-order valence-corrected chi connectivity index (χ0v) is 14.6. The number of thioether (sulfide) groups is 1. The van der Waals surface area contributed by atoms with Gasteiger partial charge in [-0.05, 0) is 26.8 Å². The van der Waals surface area contributed by atoms with Crippen molar-refractivity contribution in [3.63, 3.8) is 0 Å². The Kier molecular flexibility index (Phi) is 4.62. The second-order valence-corrected chi connectivity index (χ2v) is 6.66. The first-order chi connectivity index (χ1) is 11.6. The number of para-hydroxylation sites is 1. The summed E-state index contributed by atoms with van der Waals surface area (Å²) < 4.78 is 6.62. The lowest BCUT2D eigenvalue weighted by Gasteiger charge is -2.13. The molecule has 1 N–H and O–H groups in total. The normalized spacial score (nSPS) is 12.6. The number of nitrogens with one attached hydrogen (secondary N) is 1. The molecule has 126 valence electrons. The molecule has 0 aliphatic rings. The van der Waals surface area contributed by atoms with Gasteiger partial charge in [0.1, 0.15) is 16.3 Å². The third-order valence-corrected chi connectivity index (χ3v) is 4.86. The molecule has 3 rings (SSSR count). The standard InChI is InChI=1S/C17H19N3O3S/c1-4-20-15(21)14-13(11-8-6-7-9-12(11)18-14)19-17(20)24-10(3)16(22)23-5-2/h6-10,18H,4-5H2,1-3H3/t10-/m1/s1. The van der Waals surface area contributed by atoms with Crippen molar-refractivity contribution in [3.8, 4) is 0 Å². The van der Waals surface area contributed by atoms with Crippen molar-refractivity contribution in [1.82, 2.24) is 14.5 Å². The van der Waals surface area contributed by atoms with Gasteiger partial charge in [0, 0.05) is 17.4 Å². The molecule has 0 fully saturated rings. The number of aromatic nitrogens is 3. The predicted molar refractivity (Wildman–Crippen MR) is 95.5 cm³/mol. The summed E-state index contributed by atoms with van der Waals surface area (Å²) in [5.41, 5.74) is 1.88. The van der Waals surface area contributed by atoms with Crippen LogP contribution in [0.3, 0.4) is 0 Å². The number of hydrogen-bond acceptors (Lipinski definition) is 5. The van der Waals surface area contributed by atoms with E-state index in [2.05, 4.69) is 9.97 Å². The monoisotopic (exact) mass is 345 g/mol. The van der Waals surface area contributed by atoms with E-state index in [1.54, 1.807) is 18.4 Å². The van der Waals surface area contributed by atoms with Crippen LogP contribution in [0.1, 0.15) is 20.8 Å². The van der Waals surface area contributed by atoms with E-state index >= 15 is 0 Å². The van der Waals surface area contributed by atoms with Gasteiger partial charge in [0.05, 0.1) is 6.61 Å². The molecule has 0 saturated heterocycles. The lowest BCUT2D eigenvalue weighted by Crippen LogP contribution is -2.25. The van der Waals surface area contributed by atoms with Crippen molar-refractivity contribution in [3.05, 3.63) is 34.6 Å². The van der Waals surface area contributed by atoms with Gasteiger partial charge in [0.2, 0.25) is 0 Å². The number of fused-ring (bicyclic) bond motifs is 3. The van der Waals surface area contributed by atoms with Gasteiger partial charge in [-0.2, -0.15) is 0 Å². The Morgan fingerprint density at radius 3 is 2.83 bits per heavy atom. The van der Waals surface area contributed by atoms with E-state index in [0.29, 0.717) is 29.3 Å². The number of benzene rings is 1. The van der Waals surface area contributed by atoms with Gasteiger partial charge in [-0.25, -0.2) is 4.98 Å². The molecule has 0 amide bonds. The van der Waals surface area contributed by atoms with E-state index in [1.807, 2.05) is 31.2 Å². The van der Waals surface area contributed by atoms with Gasteiger partial charge in [0.15, 0.2) is 5.16 Å². The molecule has 1 atom stereocenters. The maximum absolute atomic E-state index is 12.8. The molecule has 0 aliphatic carbocycles. The smallest absolute Gasteiger partial charge is 0.319 e. The van der Waals surface area contributed by atoms with Crippen LogP contribution in [0.15, 0.2) is 34.2 Å². The Morgan fingerprint density at radius 1 is 1.38 bits per heavy atom. The minimum atomic E-state index is -0.433. The van der Waals surface area contributed by atoms with Crippen LogP contribution < -0.4 is 5.56 Å². The summed E-state index contributed by atoms with van der Waals surface area (Å²) in [6, 6.07) is 7.67. The number of rotatable bonds is 5. The number of nitrogens with zero attached hydrogens (tertiary/aromatic N) is 2. The molecule has 0 saturated carbocycles. The van der Waals surface area contributed by atoms with E-state index in [1.165, 1.54) is 11.8 Å². The second-order valence-electron chi connectivity index (χ2n) is 5.35. The minimum absolute atomic E-state index is 0.128. The predicted octanol–water partition coefficient (Wildman–Crippen LogP) is 2.94. The van der Waals surface area contributed by atoms with Crippen LogP contribution in [0.4, 0.5) is 0 Å². The molecule has 0 spiro atoms. The van der Waals surface area contributed by atoms with Crippen molar-refractivity contribution < 1.29 is 9.53 Å². The fraction of sp³-hybridized carbons (Fsp3) is 0.353. The highest BCUT2D eigenvalue weighted by Crippen LogP contribution is 2.26. The van der Waals surface area contributed by atoms with Crippen molar-refractivity contribution >= 4 is 39.7 Å². The SMILES string of the molecule is CCOC(=O)[C@@H](C)Sc1nc2c([nH]c3ccccc32)c(=O)n1CC. The fourth-order valence-corrected chi connectivity index (χ4v) is 3.57. The highest BCUT2D eigenvalue weighted by Gasteiger charge is 2.21. The zero-order chi connectivity index (χ0) is 17.3. The average Bonchev–Trinajstić information content (AvgIpc) is 2.94. The molecular formula is C17H19N3O3S. The van der Waals surface area contributed by atoms with Crippen LogP contribution in [0.2, 0.25) is 0 Å². The number of hydrogen-bond donors (Lipinski definition) is 1. The Bertz CT molecular complexity index is 961. The Balaban J connectivity index is 2.14.